The molecule has 2 atom stereocenters. The summed E-state index contributed by atoms with van der Waals surface area (Å²) in [5.74, 6) is -2.85. The van der Waals surface area contributed by atoms with Crippen molar-refractivity contribution in [2.45, 2.75) is 58.0 Å². The van der Waals surface area contributed by atoms with E-state index in [1.54, 1.807) is 6.07 Å². The second kappa shape index (κ2) is 10.2. The summed E-state index contributed by atoms with van der Waals surface area (Å²) in [6.07, 6.45) is -0.0112. The van der Waals surface area contributed by atoms with Gasteiger partial charge in [0.25, 0.3) is 0 Å². The minimum Gasteiger partial charge on any atom is -0.480 e. The SMILES string of the molecule is CC(=O)N[C@H](Cc1ccccc1F)C(=O)N[C@H](Cc1ccc(C(C)(C)C)cc1)C(=O)O. The van der Waals surface area contributed by atoms with E-state index in [9.17, 15) is 23.9 Å². The molecule has 0 spiro atoms. The number of amides is 2. The van der Waals surface area contributed by atoms with Crippen LogP contribution in [-0.4, -0.2) is 35.0 Å². The molecule has 3 N–H and O–H groups in total. The van der Waals surface area contributed by atoms with Gasteiger partial charge in [0.05, 0.1) is 0 Å². The molecule has 0 aliphatic carbocycles. The first-order chi connectivity index (χ1) is 14.5. The van der Waals surface area contributed by atoms with Gasteiger partial charge in [-0.15, -0.1) is 0 Å². The number of hydrogen-bond donors (Lipinski definition) is 3. The van der Waals surface area contributed by atoms with Crippen molar-refractivity contribution in [3.05, 3.63) is 71.0 Å². The summed E-state index contributed by atoms with van der Waals surface area (Å²) in [7, 11) is 0. The van der Waals surface area contributed by atoms with Gasteiger partial charge in [0.15, 0.2) is 0 Å². The van der Waals surface area contributed by atoms with Crippen LogP contribution in [0.1, 0.15) is 44.4 Å². The van der Waals surface area contributed by atoms with Crippen molar-refractivity contribution in [1.82, 2.24) is 10.6 Å². The van der Waals surface area contributed by atoms with Gasteiger partial charge in [-0.25, -0.2) is 9.18 Å². The van der Waals surface area contributed by atoms with Crippen LogP contribution >= 0.6 is 0 Å². The number of halogens is 1. The Morgan fingerprint density at radius 1 is 0.935 bits per heavy atom. The van der Waals surface area contributed by atoms with Crippen molar-refractivity contribution in [3.8, 4) is 0 Å². The molecule has 2 aromatic rings. The number of hydrogen-bond acceptors (Lipinski definition) is 3. The number of carbonyl (C=O) groups excluding carboxylic acids is 2. The van der Waals surface area contributed by atoms with Crippen LogP contribution in [0.25, 0.3) is 0 Å². The van der Waals surface area contributed by atoms with Crippen molar-refractivity contribution in [3.63, 3.8) is 0 Å². The second-order valence-corrected chi connectivity index (χ2v) is 8.60. The largest absolute Gasteiger partial charge is 0.480 e. The van der Waals surface area contributed by atoms with Crippen molar-refractivity contribution in [2.24, 2.45) is 0 Å². The molecule has 0 radical (unpaired) electrons. The van der Waals surface area contributed by atoms with Crippen molar-refractivity contribution in [2.75, 3.05) is 0 Å². The maximum absolute atomic E-state index is 14.0. The lowest BCUT2D eigenvalue weighted by Gasteiger charge is -2.22. The predicted molar refractivity (Wildman–Crippen MR) is 116 cm³/mol. The molecule has 0 saturated carbocycles. The van der Waals surface area contributed by atoms with Crippen LogP contribution in [0, 0.1) is 5.82 Å². The third kappa shape index (κ3) is 7.20. The Morgan fingerprint density at radius 3 is 2.06 bits per heavy atom. The zero-order valence-electron chi connectivity index (χ0n) is 18.2. The minimum atomic E-state index is -1.19. The highest BCUT2D eigenvalue weighted by atomic mass is 19.1. The highest BCUT2D eigenvalue weighted by Gasteiger charge is 2.27. The van der Waals surface area contributed by atoms with E-state index in [0.29, 0.717) is 0 Å². The molecule has 0 aliphatic rings. The monoisotopic (exact) mass is 428 g/mol. The Hall–Kier alpha value is -3.22. The van der Waals surface area contributed by atoms with Crippen LogP contribution in [0.3, 0.4) is 0 Å². The molecule has 0 aromatic heterocycles. The molecule has 31 heavy (non-hydrogen) atoms. The Kier molecular flexibility index (Phi) is 7.91. The molecule has 2 rings (SSSR count). The van der Waals surface area contributed by atoms with E-state index in [1.165, 1.54) is 25.1 Å². The number of carboxylic acid groups (broad SMARTS) is 1. The van der Waals surface area contributed by atoms with Crippen LogP contribution in [-0.2, 0) is 32.6 Å². The molecule has 0 fully saturated rings. The number of aliphatic carboxylic acids is 1. The molecular weight excluding hydrogens is 399 g/mol. The topological polar surface area (TPSA) is 95.5 Å². The molecule has 6 nitrogen and oxygen atoms in total. The van der Waals surface area contributed by atoms with Crippen LogP contribution in [0.4, 0.5) is 4.39 Å². The third-order valence-electron chi connectivity index (χ3n) is 4.95. The summed E-state index contributed by atoms with van der Waals surface area (Å²) >= 11 is 0. The number of nitrogens with one attached hydrogen (secondary N) is 2. The zero-order valence-corrected chi connectivity index (χ0v) is 18.2. The number of benzene rings is 2. The fraction of sp³-hybridized carbons (Fsp3) is 0.375. The maximum atomic E-state index is 14.0. The summed E-state index contributed by atoms with van der Waals surface area (Å²) in [4.78, 5) is 36.1. The molecule has 7 heteroatoms. The fourth-order valence-corrected chi connectivity index (χ4v) is 3.19. The van der Waals surface area contributed by atoms with Gasteiger partial charge in [-0.2, -0.15) is 0 Å². The van der Waals surface area contributed by atoms with E-state index >= 15 is 0 Å². The molecule has 166 valence electrons. The molecule has 0 bridgehead atoms. The van der Waals surface area contributed by atoms with Gasteiger partial charge >= 0.3 is 5.97 Å². The standard InChI is InChI=1S/C24H29FN2O4/c1-15(28)26-20(14-17-7-5-6-8-19(17)25)22(29)27-21(23(30)31)13-16-9-11-18(12-10-16)24(2,3)4/h5-12,20-21H,13-14H2,1-4H3,(H,26,28)(H,27,29)(H,30,31)/t20-,21-/m1/s1. The summed E-state index contributed by atoms with van der Waals surface area (Å²) in [6.45, 7) is 7.49. The van der Waals surface area contributed by atoms with Crippen LogP contribution in [0.5, 0.6) is 0 Å². The fourth-order valence-electron chi connectivity index (χ4n) is 3.19. The van der Waals surface area contributed by atoms with Gasteiger partial charge in [-0.3, -0.25) is 9.59 Å². The molecule has 0 heterocycles. The predicted octanol–water partition coefficient (Wildman–Crippen LogP) is 2.98. The Morgan fingerprint density at radius 2 is 1.55 bits per heavy atom. The van der Waals surface area contributed by atoms with Crippen LogP contribution in [0.2, 0.25) is 0 Å². The van der Waals surface area contributed by atoms with E-state index in [2.05, 4.69) is 31.4 Å². The van der Waals surface area contributed by atoms with Crippen LogP contribution in [0.15, 0.2) is 48.5 Å². The Labute approximate surface area is 181 Å². The Balaban J connectivity index is 2.15. The lowest BCUT2D eigenvalue weighted by Crippen LogP contribution is -2.52. The third-order valence-corrected chi connectivity index (χ3v) is 4.95. The summed E-state index contributed by atoms with van der Waals surface area (Å²) in [6, 6.07) is 11.2. The van der Waals surface area contributed by atoms with Crippen LogP contribution < -0.4 is 10.6 Å². The van der Waals surface area contributed by atoms with Crippen molar-refractivity contribution >= 4 is 17.8 Å². The summed E-state index contributed by atoms with van der Waals surface area (Å²) < 4.78 is 14.0. The summed E-state index contributed by atoms with van der Waals surface area (Å²) in [5.41, 5.74) is 2.09. The smallest absolute Gasteiger partial charge is 0.326 e. The summed E-state index contributed by atoms with van der Waals surface area (Å²) in [5, 5.41) is 14.6. The minimum absolute atomic E-state index is 0.0305. The number of carboxylic acids is 1. The van der Waals surface area contributed by atoms with Crippen molar-refractivity contribution in [1.29, 1.82) is 0 Å². The first-order valence-corrected chi connectivity index (χ1v) is 10.1. The van der Waals surface area contributed by atoms with Crippen molar-refractivity contribution < 1.29 is 23.9 Å². The normalized spacial score (nSPS) is 13.2. The maximum Gasteiger partial charge on any atom is 0.326 e. The lowest BCUT2D eigenvalue weighted by atomic mass is 9.86. The van der Waals surface area contributed by atoms with Gasteiger partial charge in [-0.05, 0) is 28.2 Å². The molecular formula is C24H29FN2O4. The highest BCUT2D eigenvalue weighted by molar-refractivity contribution is 5.90. The average molecular weight is 429 g/mol. The van der Waals surface area contributed by atoms with Gasteiger partial charge in [0, 0.05) is 19.8 Å². The quantitative estimate of drug-likeness (QED) is 0.602. The molecule has 2 amide bonds. The highest BCUT2D eigenvalue weighted by Crippen LogP contribution is 2.22. The number of rotatable bonds is 8. The molecule has 2 aromatic carbocycles. The first-order valence-electron chi connectivity index (χ1n) is 10.1. The van der Waals surface area contributed by atoms with E-state index in [0.717, 1.165) is 11.1 Å². The van der Waals surface area contributed by atoms with Gasteiger partial charge in [-0.1, -0.05) is 63.2 Å². The molecule has 0 saturated heterocycles. The van der Waals surface area contributed by atoms with E-state index in [-0.39, 0.29) is 23.8 Å². The number of carbonyl (C=O) groups is 3. The van der Waals surface area contributed by atoms with E-state index in [4.69, 9.17) is 0 Å². The average Bonchev–Trinajstić information content (AvgIpc) is 2.67. The van der Waals surface area contributed by atoms with Gasteiger partial charge < -0.3 is 15.7 Å². The zero-order chi connectivity index (χ0) is 23.2. The Bertz CT molecular complexity index is 935. The van der Waals surface area contributed by atoms with E-state index < -0.39 is 35.7 Å². The van der Waals surface area contributed by atoms with Gasteiger partial charge in [0.1, 0.15) is 17.9 Å². The van der Waals surface area contributed by atoms with Gasteiger partial charge in [0.2, 0.25) is 11.8 Å². The first kappa shape index (κ1) is 24.1. The second-order valence-electron chi connectivity index (χ2n) is 8.60. The lowest BCUT2D eigenvalue weighted by molar-refractivity contribution is -0.142. The van der Waals surface area contributed by atoms with E-state index in [1.807, 2.05) is 24.3 Å². The molecule has 0 aliphatic heterocycles. The molecule has 0 unspecified atom stereocenters.